The Morgan fingerprint density at radius 1 is 0.510 bits per heavy atom. The Kier molecular flexibility index (Phi) is 24.9. The lowest BCUT2D eigenvalue weighted by atomic mass is 9.81. The molecule has 4 aliphatic heterocycles. The molecule has 2 atom stereocenters. The van der Waals surface area contributed by atoms with Gasteiger partial charge >= 0.3 is 5.69 Å². The van der Waals surface area contributed by atoms with Crippen LogP contribution in [0.2, 0.25) is 0 Å². The summed E-state index contributed by atoms with van der Waals surface area (Å²) in [5.41, 5.74) is 5.33. The van der Waals surface area contributed by atoms with Crippen molar-refractivity contribution in [3.8, 4) is 11.8 Å². The molecule has 1 aliphatic carbocycles. The van der Waals surface area contributed by atoms with E-state index in [4.69, 9.17) is 12.2 Å². The molecule has 3 amide bonds. The van der Waals surface area contributed by atoms with E-state index in [1.165, 1.54) is 74.0 Å². The lowest BCUT2D eigenvalue weighted by Crippen LogP contribution is -2.43. The van der Waals surface area contributed by atoms with E-state index in [2.05, 4.69) is 63.6 Å². The summed E-state index contributed by atoms with van der Waals surface area (Å²) in [6.45, 7) is 28.4. The Balaban J connectivity index is 0.000000182. The van der Waals surface area contributed by atoms with Gasteiger partial charge in [-0.3, -0.25) is 52.4 Å². The van der Waals surface area contributed by atoms with Gasteiger partial charge < -0.3 is 34.3 Å². The number of fused-ring (bicyclic) bond motifs is 3. The summed E-state index contributed by atoms with van der Waals surface area (Å²) in [6.07, 6.45) is 0. The van der Waals surface area contributed by atoms with Gasteiger partial charge in [-0.15, -0.1) is 0 Å². The van der Waals surface area contributed by atoms with Gasteiger partial charge in [0.15, 0.2) is 32.0 Å². The maximum Gasteiger partial charge on any atom is 0.330 e. The van der Waals surface area contributed by atoms with E-state index in [9.17, 15) is 66.9 Å². The first-order valence-electron chi connectivity index (χ1n) is 31.8. The van der Waals surface area contributed by atoms with Crippen molar-refractivity contribution in [2.24, 2.45) is 11.8 Å². The number of para-hydroxylation sites is 3. The number of anilines is 3. The van der Waals surface area contributed by atoms with Gasteiger partial charge in [-0.2, -0.15) is 0 Å². The smallest absolute Gasteiger partial charge is 0.330 e. The van der Waals surface area contributed by atoms with Crippen molar-refractivity contribution in [2.45, 2.75) is 138 Å². The van der Waals surface area contributed by atoms with Crippen LogP contribution in [-0.4, -0.2) is 104 Å². The Hall–Kier alpha value is -10.3. The lowest BCUT2D eigenvalue weighted by Gasteiger charge is -2.39. The van der Waals surface area contributed by atoms with Gasteiger partial charge in [0, 0.05) is 97.9 Å². The molecule has 7 aromatic rings. The normalized spacial score (nSPS) is 17.2. The molecular formula is C73H84N9O14S2-3. The Labute approximate surface area is 575 Å². The number of hydrazine groups is 1. The number of carbonyl (C=O) groups is 6. The summed E-state index contributed by atoms with van der Waals surface area (Å²) in [6, 6.07) is 41.0. The molecule has 0 radical (unpaired) electrons. The average Bonchev–Trinajstić information content (AvgIpc) is 1.60. The van der Waals surface area contributed by atoms with Crippen molar-refractivity contribution >= 4 is 74.2 Å². The third-order valence-corrected chi connectivity index (χ3v) is 20.5. The van der Waals surface area contributed by atoms with Gasteiger partial charge in [0.2, 0.25) is 0 Å². The van der Waals surface area contributed by atoms with Crippen molar-refractivity contribution in [2.75, 3.05) is 36.1 Å². The van der Waals surface area contributed by atoms with Gasteiger partial charge in [0.05, 0.1) is 22.2 Å². The van der Waals surface area contributed by atoms with Crippen molar-refractivity contribution < 1.29 is 52.5 Å². The number of sulfone groups is 1. The first-order valence-corrected chi connectivity index (χ1v) is 33.8. The molecule has 2 unspecified atom stereocenters. The van der Waals surface area contributed by atoms with Crippen molar-refractivity contribution in [3.05, 3.63) is 227 Å². The van der Waals surface area contributed by atoms with Crippen LogP contribution < -0.4 is 47.0 Å². The quantitative estimate of drug-likeness (QED) is 0.113. The first kappa shape index (κ1) is 76.7. The van der Waals surface area contributed by atoms with E-state index in [-0.39, 0.29) is 79.4 Å². The molecule has 0 N–H and O–H groups in total. The van der Waals surface area contributed by atoms with Crippen LogP contribution in [0.1, 0.15) is 124 Å². The van der Waals surface area contributed by atoms with E-state index in [0.717, 1.165) is 9.13 Å². The molecule has 520 valence electrons. The molecule has 0 saturated carbocycles. The highest BCUT2D eigenvalue weighted by molar-refractivity contribution is 7.93. The highest BCUT2D eigenvalue weighted by Crippen LogP contribution is 2.44. The molecule has 12 rings (SSSR count). The molecule has 5 aliphatic rings. The van der Waals surface area contributed by atoms with Crippen LogP contribution in [0.25, 0.3) is 0 Å². The largest absolute Gasteiger partial charge is 0.860 e. The number of amides is 3. The van der Waals surface area contributed by atoms with Crippen molar-refractivity contribution in [1.29, 1.82) is 0 Å². The Morgan fingerprint density at radius 2 is 0.918 bits per heavy atom. The minimum absolute atomic E-state index is 0.0457. The number of carbonyl (C=O) groups excluding carboxylic acids is 6. The number of hydrogen-bond acceptors (Lipinski definition) is 17. The van der Waals surface area contributed by atoms with Gasteiger partial charge in [-0.1, -0.05) is 117 Å². The summed E-state index contributed by atoms with van der Waals surface area (Å²) in [4.78, 5) is 110. The highest BCUT2D eigenvalue weighted by Gasteiger charge is 2.45. The third kappa shape index (κ3) is 15.0. The molecule has 5 aromatic carbocycles. The second kappa shape index (κ2) is 31.7. The Morgan fingerprint density at radius 3 is 1.37 bits per heavy atom. The molecule has 1 saturated heterocycles. The van der Waals surface area contributed by atoms with E-state index in [1.54, 1.807) is 84.3 Å². The van der Waals surface area contributed by atoms with E-state index in [0.29, 0.717) is 70.9 Å². The molecule has 1 fully saturated rings. The minimum atomic E-state index is -3.38. The van der Waals surface area contributed by atoms with Gasteiger partial charge in [0.25, 0.3) is 28.8 Å². The number of likely N-dealkylation sites (N-methyl/N-ethyl adjacent to an activating group) is 2. The zero-order valence-corrected chi connectivity index (χ0v) is 59.7. The standard InChI is InChI=1S/C16H14N2O2.C12H17N.C10H8O2.C9H14N2O3.C9H14N2O2S.C9H8O3S.C8H12N2O2/c1-12-15(19)17(13-8-4-2-5-9-13)18(16(12)20)14-10-6-3-7-11-14;1-9-12(2,3)10-7-5-6-8-11(10)13(9)4;1-6-9(11)7-4-2-3-5-8(7)10(6)12;2*1-4-10-7(12)6(3)8(13)11(5-2)9(10)14;1-6-9(10)7-4-2-3-5-8(7)13(6,11)12;1-5-7(11)9(3)6(2)10(4)8(5)12/h2-12H,1H3;5-9H,1-4H3;2-6H,1H3;2*12H,4-5H2,1-3H3;2-6H,1H3;11H,2H2,1,3-4H3/p-3. The van der Waals surface area contributed by atoms with Crippen LogP contribution in [0.4, 0.5) is 17.1 Å². The predicted molar refractivity (Wildman–Crippen MR) is 374 cm³/mol. The summed E-state index contributed by atoms with van der Waals surface area (Å²) in [5.74, 6) is -2.81. The number of ketones is 3. The van der Waals surface area contributed by atoms with Gasteiger partial charge in [-0.05, 0) is 148 Å². The summed E-state index contributed by atoms with van der Waals surface area (Å²) in [7, 11) is 1.98. The monoisotopic (exact) mass is 1370 g/mol. The summed E-state index contributed by atoms with van der Waals surface area (Å²) >= 11 is 5.05. The molecule has 0 spiro atoms. The summed E-state index contributed by atoms with van der Waals surface area (Å²) < 4.78 is 28.5. The fraction of sp³-hybridized carbons (Fsp3) is 0.342. The zero-order chi connectivity index (χ0) is 73.3. The number of benzene rings is 5. The van der Waals surface area contributed by atoms with Gasteiger partial charge in [0.1, 0.15) is 17.0 Å². The van der Waals surface area contributed by atoms with Crippen LogP contribution in [0.15, 0.2) is 177 Å². The fourth-order valence-corrected chi connectivity index (χ4v) is 13.3. The second-order valence-electron chi connectivity index (χ2n) is 24.0. The van der Waals surface area contributed by atoms with Gasteiger partial charge in [-0.25, -0.2) is 23.2 Å². The zero-order valence-electron chi connectivity index (χ0n) is 58.1. The minimum Gasteiger partial charge on any atom is -0.860 e. The Bertz CT molecular complexity index is 4450. The number of hydrogen-bond donors (Lipinski definition) is 0. The van der Waals surface area contributed by atoms with Crippen molar-refractivity contribution in [1.82, 2.24) is 28.1 Å². The molecule has 25 heteroatoms. The number of aromatic nitrogens is 4. The molecule has 0 bridgehead atoms. The SMILES string of the molecule is C=C1N(C)C(=O)C(C)=C([O-])N1C.CC1C(=O)N(c2ccccc2)N(c2ccccc2)C1=O.CC1C(=O)c2ccccc2C1=O.CC1C(=O)c2ccccc2S1(=O)=O.CC1N(C)c2ccccc2C1(C)C.CCn1c([O-])c(C)c(=O)n(CC)c1=O.CCn1c([O-])c(C)c(=O)n(CC)c1=S. The summed E-state index contributed by atoms with van der Waals surface area (Å²) in [5, 5.41) is 36.3. The van der Waals surface area contributed by atoms with E-state index in [1.807, 2.05) is 74.5 Å². The third-order valence-electron chi connectivity index (χ3n) is 18.0. The fourth-order valence-electron chi connectivity index (χ4n) is 11.3. The predicted octanol–water partition coefficient (Wildman–Crippen LogP) is 7.85. The molecule has 23 nitrogen and oxygen atoms in total. The second-order valence-corrected chi connectivity index (χ2v) is 26.6. The van der Waals surface area contributed by atoms with E-state index < -0.39 is 44.1 Å². The number of rotatable bonds is 6. The lowest BCUT2D eigenvalue weighted by molar-refractivity contribution is -0.331. The van der Waals surface area contributed by atoms with E-state index >= 15 is 0 Å². The molecule has 6 heterocycles. The molecule has 2 aromatic heterocycles. The average molecular weight is 1380 g/mol. The molecular weight excluding hydrogens is 1290 g/mol. The number of Topliss-reactive ketones (excluding diaryl/α,β-unsaturated/α-hetero) is 3. The van der Waals surface area contributed by atoms with Crippen LogP contribution in [0.3, 0.4) is 0 Å². The van der Waals surface area contributed by atoms with Crippen molar-refractivity contribution in [3.63, 3.8) is 0 Å². The maximum absolute atomic E-state index is 12.4. The first-order chi connectivity index (χ1) is 46.1. The maximum atomic E-state index is 12.4. The topological polar surface area (TPSA) is 293 Å². The van der Waals surface area contributed by atoms with Crippen LogP contribution in [0, 0.1) is 30.5 Å². The van der Waals surface area contributed by atoms with Crippen LogP contribution in [0.5, 0.6) is 11.8 Å². The highest BCUT2D eigenvalue weighted by atomic mass is 32.2. The van der Waals surface area contributed by atoms with Crippen LogP contribution >= 0.6 is 12.2 Å². The van der Waals surface area contributed by atoms with Crippen LogP contribution in [-0.2, 0) is 55.8 Å². The molecule has 98 heavy (non-hydrogen) atoms. The number of nitrogens with zero attached hydrogens (tertiary/aromatic N) is 9.